The average Bonchev–Trinajstić information content (AvgIpc) is 2.61. The Bertz CT molecular complexity index is 234. The van der Waals surface area contributed by atoms with Crippen molar-refractivity contribution in [3.05, 3.63) is 0 Å². The van der Waals surface area contributed by atoms with Gasteiger partial charge in [0.25, 0.3) is 0 Å². The minimum atomic E-state index is 0.158. The highest BCUT2D eigenvalue weighted by molar-refractivity contribution is 5.79. The van der Waals surface area contributed by atoms with E-state index in [-0.39, 0.29) is 18.4 Å². The zero-order valence-corrected chi connectivity index (χ0v) is 9.48. The topological polar surface area (TPSA) is 40.5 Å². The molecule has 0 aromatic heterocycles. The van der Waals surface area contributed by atoms with E-state index in [1.165, 1.54) is 12.8 Å². The largest absolute Gasteiger partial charge is 0.396 e. The first-order valence-corrected chi connectivity index (χ1v) is 6.11. The molecule has 1 N–H and O–H groups in total. The number of hydrogen-bond donors (Lipinski definition) is 1. The lowest BCUT2D eigenvalue weighted by Gasteiger charge is -2.33. The molecular formula is C12H21NO2. The lowest BCUT2D eigenvalue weighted by atomic mass is 9.87. The Hall–Kier alpha value is -0.570. The van der Waals surface area contributed by atoms with Crippen LogP contribution in [0, 0.1) is 11.8 Å². The lowest BCUT2D eigenvalue weighted by molar-refractivity contribution is -0.130. The van der Waals surface area contributed by atoms with Gasteiger partial charge in [-0.25, -0.2) is 0 Å². The van der Waals surface area contributed by atoms with E-state index in [0.717, 1.165) is 25.3 Å². The van der Waals surface area contributed by atoms with Crippen LogP contribution in [-0.2, 0) is 4.79 Å². The maximum atomic E-state index is 11.7. The molecule has 1 saturated heterocycles. The van der Waals surface area contributed by atoms with E-state index in [4.69, 9.17) is 5.11 Å². The van der Waals surface area contributed by atoms with Gasteiger partial charge >= 0.3 is 0 Å². The van der Waals surface area contributed by atoms with E-state index >= 15 is 0 Å². The number of hydrogen-bond acceptors (Lipinski definition) is 2. The third kappa shape index (κ3) is 2.33. The van der Waals surface area contributed by atoms with Crippen LogP contribution >= 0.6 is 0 Å². The summed E-state index contributed by atoms with van der Waals surface area (Å²) in [4.78, 5) is 13.8. The van der Waals surface area contributed by atoms with Crippen molar-refractivity contribution < 1.29 is 9.90 Å². The maximum Gasteiger partial charge on any atom is 0.223 e. The molecule has 3 nitrogen and oxygen atoms in total. The summed E-state index contributed by atoms with van der Waals surface area (Å²) >= 11 is 0. The molecule has 1 aliphatic carbocycles. The van der Waals surface area contributed by atoms with Gasteiger partial charge < -0.3 is 10.0 Å². The third-order valence-electron chi connectivity index (χ3n) is 3.92. The zero-order chi connectivity index (χ0) is 10.8. The second-order valence-electron chi connectivity index (χ2n) is 5.21. The Morgan fingerprint density at radius 2 is 2.00 bits per heavy atom. The van der Waals surface area contributed by atoms with E-state index in [9.17, 15) is 4.79 Å². The third-order valence-corrected chi connectivity index (χ3v) is 3.92. The Balaban J connectivity index is 1.91. The number of rotatable bonds is 2. The average molecular weight is 211 g/mol. The van der Waals surface area contributed by atoms with Crippen LogP contribution in [0.3, 0.4) is 0 Å². The van der Waals surface area contributed by atoms with Gasteiger partial charge in [0.15, 0.2) is 0 Å². The minimum Gasteiger partial charge on any atom is -0.396 e. The molecule has 15 heavy (non-hydrogen) atoms. The van der Waals surface area contributed by atoms with Crippen LogP contribution in [0.2, 0.25) is 0 Å². The maximum absolute atomic E-state index is 11.7. The molecule has 0 radical (unpaired) electrons. The standard InChI is InChI=1S/C12H21NO2/c1-9-2-4-11(5-3-9)13-7-10(8-14)6-12(13)15/h9-11,14H,2-8H2,1H3. The summed E-state index contributed by atoms with van der Waals surface area (Å²) in [6.07, 6.45) is 5.37. The van der Waals surface area contributed by atoms with Gasteiger partial charge in [0.05, 0.1) is 0 Å². The van der Waals surface area contributed by atoms with Crippen LogP contribution in [0.25, 0.3) is 0 Å². The van der Waals surface area contributed by atoms with E-state index < -0.39 is 0 Å². The second kappa shape index (κ2) is 4.52. The summed E-state index contributed by atoms with van der Waals surface area (Å²) in [5.74, 6) is 1.28. The predicted molar refractivity (Wildman–Crippen MR) is 58.3 cm³/mol. The van der Waals surface area contributed by atoms with Crippen molar-refractivity contribution >= 4 is 5.91 Å². The Kier molecular flexibility index (Phi) is 3.29. The number of carbonyl (C=O) groups excluding carboxylic acids is 1. The van der Waals surface area contributed by atoms with E-state index in [0.29, 0.717) is 12.5 Å². The van der Waals surface area contributed by atoms with Crippen molar-refractivity contribution in [1.29, 1.82) is 0 Å². The first-order valence-electron chi connectivity index (χ1n) is 6.11. The molecule has 2 rings (SSSR count). The quantitative estimate of drug-likeness (QED) is 0.750. The van der Waals surface area contributed by atoms with Gasteiger partial charge in [-0.15, -0.1) is 0 Å². The van der Waals surface area contributed by atoms with Gasteiger partial charge in [0, 0.05) is 31.5 Å². The van der Waals surface area contributed by atoms with Crippen molar-refractivity contribution in [1.82, 2.24) is 4.90 Å². The number of amides is 1. The van der Waals surface area contributed by atoms with E-state index in [2.05, 4.69) is 6.92 Å². The number of likely N-dealkylation sites (tertiary alicyclic amines) is 1. The molecule has 1 heterocycles. The van der Waals surface area contributed by atoms with Gasteiger partial charge in [-0.2, -0.15) is 0 Å². The predicted octanol–water partition coefficient (Wildman–Crippen LogP) is 1.41. The Morgan fingerprint density at radius 3 is 2.53 bits per heavy atom. The number of aliphatic hydroxyl groups is 1. The molecule has 1 unspecified atom stereocenters. The summed E-state index contributed by atoms with van der Waals surface area (Å²) in [6.45, 7) is 3.23. The Labute approximate surface area is 91.5 Å². The molecule has 2 aliphatic rings. The molecule has 1 amide bonds. The van der Waals surface area contributed by atoms with Crippen LogP contribution in [0.5, 0.6) is 0 Å². The van der Waals surface area contributed by atoms with Crippen molar-refractivity contribution in [3.63, 3.8) is 0 Å². The summed E-state index contributed by atoms with van der Waals surface area (Å²) in [7, 11) is 0. The molecule has 1 atom stereocenters. The van der Waals surface area contributed by atoms with Crippen LogP contribution in [0.4, 0.5) is 0 Å². The van der Waals surface area contributed by atoms with Gasteiger partial charge in [-0.3, -0.25) is 4.79 Å². The monoisotopic (exact) mass is 211 g/mol. The summed E-state index contributed by atoms with van der Waals surface area (Å²) in [6, 6.07) is 0.463. The van der Waals surface area contributed by atoms with Crippen LogP contribution in [0.15, 0.2) is 0 Å². The van der Waals surface area contributed by atoms with Crippen LogP contribution in [0.1, 0.15) is 39.0 Å². The van der Waals surface area contributed by atoms with E-state index in [1.54, 1.807) is 0 Å². The van der Waals surface area contributed by atoms with Crippen LogP contribution in [-0.4, -0.2) is 35.1 Å². The van der Waals surface area contributed by atoms with Crippen molar-refractivity contribution in [2.45, 2.75) is 45.1 Å². The summed E-state index contributed by atoms with van der Waals surface area (Å²) in [5.41, 5.74) is 0. The summed E-state index contributed by atoms with van der Waals surface area (Å²) in [5, 5.41) is 9.06. The molecule has 86 valence electrons. The molecule has 3 heteroatoms. The fraction of sp³-hybridized carbons (Fsp3) is 0.917. The molecule has 2 fully saturated rings. The lowest BCUT2D eigenvalue weighted by Crippen LogP contribution is -2.39. The normalized spacial score (nSPS) is 37.3. The molecule has 0 bridgehead atoms. The van der Waals surface area contributed by atoms with Crippen LogP contribution < -0.4 is 0 Å². The molecule has 0 aromatic carbocycles. The highest BCUT2D eigenvalue weighted by atomic mass is 16.3. The molecule has 1 aliphatic heterocycles. The fourth-order valence-corrected chi connectivity index (χ4v) is 2.84. The van der Waals surface area contributed by atoms with Gasteiger partial charge in [0.1, 0.15) is 0 Å². The second-order valence-corrected chi connectivity index (χ2v) is 5.21. The van der Waals surface area contributed by atoms with E-state index in [1.807, 2.05) is 4.90 Å². The highest BCUT2D eigenvalue weighted by Gasteiger charge is 2.34. The van der Waals surface area contributed by atoms with Crippen molar-refractivity contribution in [2.75, 3.05) is 13.2 Å². The highest BCUT2D eigenvalue weighted by Crippen LogP contribution is 2.30. The number of aliphatic hydroxyl groups excluding tert-OH is 1. The first-order chi connectivity index (χ1) is 7.20. The molecular weight excluding hydrogens is 190 g/mol. The van der Waals surface area contributed by atoms with Crippen molar-refractivity contribution in [3.8, 4) is 0 Å². The number of nitrogens with zero attached hydrogens (tertiary/aromatic N) is 1. The molecule has 0 aromatic rings. The van der Waals surface area contributed by atoms with Gasteiger partial charge in [0.2, 0.25) is 5.91 Å². The molecule has 0 spiro atoms. The number of carbonyl (C=O) groups is 1. The SMILES string of the molecule is CC1CCC(N2CC(CO)CC2=O)CC1. The Morgan fingerprint density at radius 1 is 1.33 bits per heavy atom. The minimum absolute atomic E-state index is 0.158. The van der Waals surface area contributed by atoms with Gasteiger partial charge in [-0.05, 0) is 31.6 Å². The zero-order valence-electron chi connectivity index (χ0n) is 9.48. The first kappa shape index (κ1) is 10.9. The molecule has 1 saturated carbocycles. The van der Waals surface area contributed by atoms with Gasteiger partial charge in [-0.1, -0.05) is 6.92 Å². The fourth-order valence-electron chi connectivity index (χ4n) is 2.84. The van der Waals surface area contributed by atoms with Crippen molar-refractivity contribution in [2.24, 2.45) is 11.8 Å². The smallest absolute Gasteiger partial charge is 0.223 e. The summed E-state index contributed by atoms with van der Waals surface area (Å²) < 4.78 is 0.